The molecule has 0 bridgehead atoms. The zero-order chi connectivity index (χ0) is 17.6. The number of alkyl halides is 1. The van der Waals surface area contributed by atoms with Crippen molar-refractivity contribution in [2.75, 3.05) is 13.7 Å². The number of nitrogens with zero attached hydrogens (tertiary/aromatic N) is 1. The molecule has 24 heavy (non-hydrogen) atoms. The van der Waals surface area contributed by atoms with E-state index in [0.717, 1.165) is 38.4 Å². The molecule has 0 fully saturated rings. The number of allylic oxidation sites excluding steroid dienone is 1. The van der Waals surface area contributed by atoms with E-state index >= 15 is 0 Å². The summed E-state index contributed by atoms with van der Waals surface area (Å²) in [5, 5.41) is 3.25. The molecule has 1 unspecified atom stereocenters. The number of hydrogen-bond donors (Lipinski definition) is 1. The predicted octanol–water partition coefficient (Wildman–Crippen LogP) is 5.06. The molecular weight excluding hydrogens is 416 g/mol. The Morgan fingerprint density at radius 3 is 2.88 bits per heavy atom. The first-order valence-corrected chi connectivity index (χ1v) is 9.79. The van der Waals surface area contributed by atoms with Gasteiger partial charge in [-0.25, -0.2) is 4.79 Å². The van der Waals surface area contributed by atoms with Crippen LogP contribution in [0.15, 0.2) is 9.61 Å². The minimum absolute atomic E-state index is 0.411. The Morgan fingerprint density at radius 2 is 2.21 bits per heavy atom. The van der Waals surface area contributed by atoms with Crippen molar-refractivity contribution in [1.29, 1.82) is 0 Å². The van der Waals surface area contributed by atoms with E-state index in [9.17, 15) is 4.79 Å². The summed E-state index contributed by atoms with van der Waals surface area (Å²) in [6.45, 7) is 6.18. The SMILES string of the molecule is CN(C(=O)OC(C)(C)C)C1=C2CCCOc3c(Br)sc(c32)C(Cl)N1. The molecule has 1 atom stereocenters. The van der Waals surface area contributed by atoms with Gasteiger partial charge in [0.2, 0.25) is 0 Å². The number of amides is 1. The van der Waals surface area contributed by atoms with E-state index in [2.05, 4.69) is 21.2 Å². The Kier molecular flexibility index (Phi) is 4.79. The van der Waals surface area contributed by atoms with Crippen LogP contribution in [0.4, 0.5) is 4.79 Å². The lowest BCUT2D eigenvalue weighted by atomic mass is 9.99. The number of rotatable bonds is 1. The van der Waals surface area contributed by atoms with Crippen LogP contribution in [0.3, 0.4) is 0 Å². The first kappa shape index (κ1) is 17.9. The van der Waals surface area contributed by atoms with Gasteiger partial charge in [0.1, 0.15) is 20.7 Å². The number of halogens is 2. The highest BCUT2D eigenvalue weighted by atomic mass is 79.9. The minimum atomic E-state index is -0.556. The fourth-order valence-corrected chi connectivity index (χ4v) is 4.88. The molecule has 0 saturated carbocycles. The van der Waals surface area contributed by atoms with Crippen molar-refractivity contribution in [3.8, 4) is 5.75 Å². The number of nitrogens with one attached hydrogen (secondary N) is 1. The second-order valence-electron chi connectivity index (χ2n) is 6.77. The summed E-state index contributed by atoms with van der Waals surface area (Å²) in [5.41, 5.74) is 1.08. The van der Waals surface area contributed by atoms with Gasteiger partial charge >= 0.3 is 6.09 Å². The number of ether oxygens (including phenoxy) is 2. The van der Waals surface area contributed by atoms with Crippen LogP contribution in [-0.4, -0.2) is 30.2 Å². The summed E-state index contributed by atoms with van der Waals surface area (Å²) in [6, 6.07) is 0. The van der Waals surface area contributed by atoms with Crippen molar-refractivity contribution in [1.82, 2.24) is 10.2 Å². The van der Waals surface area contributed by atoms with E-state index in [-0.39, 0.29) is 0 Å². The highest BCUT2D eigenvalue weighted by Crippen LogP contribution is 2.52. The maximum atomic E-state index is 12.5. The van der Waals surface area contributed by atoms with E-state index < -0.39 is 17.2 Å². The predicted molar refractivity (Wildman–Crippen MR) is 99.4 cm³/mol. The van der Waals surface area contributed by atoms with E-state index in [1.807, 2.05) is 20.8 Å². The van der Waals surface area contributed by atoms with Gasteiger partial charge in [-0.15, -0.1) is 11.3 Å². The lowest BCUT2D eigenvalue weighted by molar-refractivity contribution is 0.0342. The van der Waals surface area contributed by atoms with E-state index in [1.165, 1.54) is 4.90 Å². The van der Waals surface area contributed by atoms with Crippen LogP contribution in [-0.2, 0) is 4.74 Å². The highest BCUT2D eigenvalue weighted by Gasteiger charge is 2.36. The molecule has 5 nitrogen and oxygen atoms in total. The molecule has 0 aliphatic carbocycles. The van der Waals surface area contributed by atoms with Gasteiger partial charge in [-0.3, -0.25) is 4.90 Å². The molecule has 2 aliphatic rings. The third-order valence-corrected chi connectivity index (χ3v) is 6.08. The molecule has 1 aromatic rings. The van der Waals surface area contributed by atoms with Gasteiger partial charge in [0.15, 0.2) is 5.75 Å². The molecule has 3 rings (SSSR count). The number of hydrogen-bond acceptors (Lipinski definition) is 5. The summed E-state index contributed by atoms with van der Waals surface area (Å²) >= 11 is 11.6. The van der Waals surface area contributed by atoms with Crippen LogP contribution < -0.4 is 10.1 Å². The number of thiophene rings is 1. The fraction of sp³-hybridized carbons (Fsp3) is 0.562. The summed E-state index contributed by atoms with van der Waals surface area (Å²) in [7, 11) is 1.70. The summed E-state index contributed by atoms with van der Waals surface area (Å²) < 4.78 is 12.3. The zero-order valence-electron chi connectivity index (χ0n) is 14.0. The minimum Gasteiger partial charge on any atom is -0.491 e. The van der Waals surface area contributed by atoms with E-state index in [0.29, 0.717) is 12.4 Å². The van der Waals surface area contributed by atoms with Crippen LogP contribution in [0, 0.1) is 0 Å². The normalized spacial score (nSPS) is 19.8. The number of carbonyl (C=O) groups excluding carboxylic acids is 1. The van der Waals surface area contributed by atoms with Crippen LogP contribution in [0.1, 0.15) is 49.6 Å². The molecular formula is C16H20BrClN2O3S. The quantitative estimate of drug-likeness (QED) is 0.495. The van der Waals surface area contributed by atoms with Crippen molar-refractivity contribution in [2.24, 2.45) is 0 Å². The summed E-state index contributed by atoms with van der Waals surface area (Å²) in [4.78, 5) is 15.0. The van der Waals surface area contributed by atoms with Crippen LogP contribution >= 0.6 is 38.9 Å². The second kappa shape index (κ2) is 6.42. The number of carbonyl (C=O) groups is 1. The van der Waals surface area contributed by atoms with Gasteiger partial charge in [0.05, 0.1) is 11.5 Å². The monoisotopic (exact) mass is 434 g/mol. The topological polar surface area (TPSA) is 50.8 Å². The Morgan fingerprint density at radius 1 is 1.50 bits per heavy atom. The van der Waals surface area contributed by atoms with Crippen molar-refractivity contribution < 1.29 is 14.3 Å². The van der Waals surface area contributed by atoms with Gasteiger partial charge < -0.3 is 14.8 Å². The summed E-state index contributed by atoms with van der Waals surface area (Å²) in [5.74, 6) is 1.51. The van der Waals surface area contributed by atoms with Gasteiger partial charge in [-0.2, -0.15) is 0 Å². The molecule has 0 saturated heterocycles. The Labute approximate surface area is 159 Å². The average molecular weight is 436 g/mol. The van der Waals surface area contributed by atoms with E-state index in [1.54, 1.807) is 18.4 Å². The standard InChI is InChI=1S/C16H20BrClN2O3S/c1-16(2,3)23-15(21)20(4)14-8-6-5-7-22-10-9(8)11(13(18)19-14)24-12(10)17/h13,19H,5-7H2,1-4H3. The van der Waals surface area contributed by atoms with Crippen LogP contribution in [0.25, 0.3) is 5.57 Å². The molecule has 8 heteroatoms. The average Bonchev–Trinajstić information content (AvgIpc) is 2.67. The Bertz CT molecular complexity index is 711. The molecule has 0 aromatic carbocycles. The van der Waals surface area contributed by atoms with Gasteiger partial charge in [-0.05, 0) is 49.5 Å². The highest BCUT2D eigenvalue weighted by molar-refractivity contribution is 9.11. The van der Waals surface area contributed by atoms with Crippen LogP contribution in [0.5, 0.6) is 5.75 Å². The third kappa shape index (κ3) is 3.26. The molecule has 2 aliphatic heterocycles. The van der Waals surface area contributed by atoms with Crippen molar-refractivity contribution in [2.45, 2.75) is 44.7 Å². The molecule has 132 valence electrons. The molecule has 0 spiro atoms. The first-order chi connectivity index (χ1) is 11.2. The molecule has 1 aromatic heterocycles. The van der Waals surface area contributed by atoms with Crippen molar-refractivity contribution >= 4 is 50.5 Å². The maximum Gasteiger partial charge on any atom is 0.415 e. The van der Waals surface area contributed by atoms with Crippen molar-refractivity contribution in [3.05, 3.63) is 20.0 Å². The second-order valence-corrected chi connectivity index (χ2v) is 9.58. The first-order valence-electron chi connectivity index (χ1n) is 7.75. The molecule has 0 radical (unpaired) electrons. The largest absolute Gasteiger partial charge is 0.491 e. The molecule has 1 amide bonds. The molecule has 3 heterocycles. The van der Waals surface area contributed by atoms with Gasteiger partial charge in [0.25, 0.3) is 0 Å². The summed E-state index contributed by atoms with van der Waals surface area (Å²) in [6.07, 6.45) is 1.27. The molecule has 1 N–H and O–H groups in total. The lowest BCUT2D eigenvalue weighted by Crippen LogP contribution is -2.40. The lowest BCUT2D eigenvalue weighted by Gasteiger charge is -2.32. The van der Waals surface area contributed by atoms with Gasteiger partial charge in [0, 0.05) is 18.2 Å². The Balaban J connectivity index is 2.05. The Hall–Kier alpha value is -0.920. The van der Waals surface area contributed by atoms with Crippen LogP contribution in [0.2, 0.25) is 0 Å². The van der Waals surface area contributed by atoms with Gasteiger partial charge in [-0.1, -0.05) is 11.6 Å². The van der Waals surface area contributed by atoms with Crippen molar-refractivity contribution in [3.63, 3.8) is 0 Å². The zero-order valence-corrected chi connectivity index (χ0v) is 17.2. The maximum absolute atomic E-state index is 12.5. The van der Waals surface area contributed by atoms with E-state index in [4.69, 9.17) is 21.1 Å². The smallest absolute Gasteiger partial charge is 0.415 e. The third-order valence-electron chi connectivity index (χ3n) is 3.75. The fourth-order valence-electron chi connectivity index (χ4n) is 2.78.